The number of amides is 1. The van der Waals surface area contributed by atoms with Gasteiger partial charge >= 0.3 is 0 Å². The molecular weight excluding hydrogens is 276 g/mol. The summed E-state index contributed by atoms with van der Waals surface area (Å²) in [6.45, 7) is 1.96. The van der Waals surface area contributed by atoms with Crippen LogP contribution in [0.4, 0.5) is 0 Å². The second-order valence-corrected chi connectivity index (χ2v) is 5.71. The smallest absolute Gasteiger partial charge is 0.250 e. The van der Waals surface area contributed by atoms with E-state index in [1.165, 1.54) is 11.3 Å². The van der Waals surface area contributed by atoms with Gasteiger partial charge in [0, 0.05) is 24.5 Å². The highest BCUT2D eigenvalue weighted by Crippen LogP contribution is 2.26. The number of rotatable bonds is 4. The quantitative estimate of drug-likeness (QED) is 0.757. The molecule has 100 valence electrons. The molecule has 18 heavy (non-hydrogen) atoms. The van der Waals surface area contributed by atoms with E-state index in [2.05, 4.69) is 10.6 Å². The number of morpholine rings is 1. The summed E-state index contributed by atoms with van der Waals surface area (Å²) in [5.41, 5.74) is 0. The van der Waals surface area contributed by atoms with Gasteiger partial charge in [0.05, 0.1) is 10.9 Å². The number of nitrogens with one attached hydrogen (secondary N) is 2. The number of carbonyl (C=O) groups excluding carboxylic acids is 1. The normalized spacial score (nSPS) is 21.6. The molecule has 2 unspecified atom stereocenters. The Bertz CT molecular complexity index is 407. The predicted molar refractivity (Wildman–Crippen MR) is 69.9 cm³/mol. The van der Waals surface area contributed by atoms with E-state index in [9.17, 15) is 9.90 Å². The first kappa shape index (κ1) is 13.8. The van der Waals surface area contributed by atoms with Crippen molar-refractivity contribution in [1.82, 2.24) is 10.6 Å². The molecule has 1 aliphatic rings. The van der Waals surface area contributed by atoms with E-state index < -0.39 is 12.2 Å². The van der Waals surface area contributed by atoms with Crippen molar-refractivity contribution in [2.75, 3.05) is 26.2 Å². The van der Waals surface area contributed by atoms with E-state index in [1.807, 2.05) is 0 Å². The Morgan fingerprint density at radius 3 is 3.17 bits per heavy atom. The summed E-state index contributed by atoms with van der Waals surface area (Å²) in [7, 11) is 0. The predicted octanol–water partition coefficient (Wildman–Crippen LogP) is 0.539. The summed E-state index contributed by atoms with van der Waals surface area (Å²) >= 11 is 7.08. The second-order valence-electron chi connectivity index (χ2n) is 3.97. The van der Waals surface area contributed by atoms with Crippen molar-refractivity contribution in [2.45, 2.75) is 12.2 Å². The molecule has 1 fully saturated rings. The molecule has 2 atom stereocenters. The third kappa shape index (κ3) is 3.66. The average molecular weight is 291 g/mol. The molecule has 7 heteroatoms. The molecule has 1 aromatic rings. The highest BCUT2D eigenvalue weighted by Gasteiger charge is 2.22. The lowest BCUT2D eigenvalue weighted by molar-refractivity contribution is -0.134. The summed E-state index contributed by atoms with van der Waals surface area (Å²) in [6.07, 6.45) is -1.21. The molecule has 0 aromatic carbocycles. The number of ether oxygens (including phenoxy) is 1. The molecular formula is C11H15ClN2O3S. The molecule has 3 N–H and O–H groups in total. The standard InChI is InChI=1S/C11H15ClN2O3S/c12-10-2-1-9(18-10)7(15)5-14-11(16)8-6-13-3-4-17-8/h1-2,7-8,13,15H,3-6H2,(H,14,16). The number of aliphatic hydroxyl groups is 1. The molecule has 1 saturated heterocycles. The van der Waals surface area contributed by atoms with Crippen LogP contribution in [0.2, 0.25) is 4.34 Å². The highest BCUT2D eigenvalue weighted by molar-refractivity contribution is 7.16. The van der Waals surface area contributed by atoms with E-state index >= 15 is 0 Å². The maximum atomic E-state index is 11.7. The van der Waals surface area contributed by atoms with Crippen LogP contribution in [0.5, 0.6) is 0 Å². The van der Waals surface area contributed by atoms with Crippen LogP contribution in [-0.4, -0.2) is 43.4 Å². The van der Waals surface area contributed by atoms with Gasteiger partial charge in [-0.3, -0.25) is 4.79 Å². The van der Waals surface area contributed by atoms with Gasteiger partial charge in [0.1, 0.15) is 12.2 Å². The average Bonchev–Trinajstić information content (AvgIpc) is 2.83. The van der Waals surface area contributed by atoms with Crippen LogP contribution >= 0.6 is 22.9 Å². The van der Waals surface area contributed by atoms with Gasteiger partial charge in [0.15, 0.2) is 0 Å². The van der Waals surface area contributed by atoms with Crippen LogP contribution in [0.3, 0.4) is 0 Å². The molecule has 1 aromatic heterocycles. The Hall–Kier alpha value is -0.660. The van der Waals surface area contributed by atoms with Gasteiger partial charge in [-0.2, -0.15) is 0 Å². The van der Waals surface area contributed by atoms with E-state index in [1.54, 1.807) is 12.1 Å². The van der Waals surface area contributed by atoms with E-state index in [0.717, 1.165) is 11.4 Å². The summed E-state index contributed by atoms with van der Waals surface area (Å²) in [5, 5.41) is 15.6. The molecule has 0 saturated carbocycles. The maximum Gasteiger partial charge on any atom is 0.250 e. The topological polar surface area (TPSA) is 70.6 Å². The third-order valence-corrected chi connectivity index (χ3v) is 3.94. The second kappa shape index (κ2) is 6.49. The van der Waals surface area contributed by atoms with Gasteiger partial charge < -0.3 is 20.5 Å². The number of thiophene rings is 1. The molecule has 1 aliphatic heterocycles. The van der Waals surface area contributed by atoms with Crippen LogP contribution in [0.15, 0.2) is 12.1 Å². The van der Waals surface area contributed by atoms with Crippen molar-refractivity contribution in [3.63, 3.8) is 0 Å². The van der Waals surface area contributed by atoms with Crippen LogP contribution in [0.25, 0.3) is 0 Å². The zero-order valence-corrected chi connectivity index (χ0v) is 11.3. The fraction of sp³-hybridized carbons (Fsp3) is 0.545. The fourth-order valence-corrected chi connectivity index (χ4v) is 2.70. The molecule has 0 radical (unpaired) electrons. The first-order chi connectivity index (χ1) is 8.66. The molecule has 1 amide bonds. The minimum Gasteiger partial charge on any atom is -0.386 e. The zero-order valence-electron chi connectivity index (χ0n) is 9.69. The number of aliphatic hydroxyl groups excluding tert-OH is 1. The molecule has 2 heterocycles. The third-order valence-electron chi connectivity index (χ3n) is 2.61. The highest BCUT2D eigenvalue weighted by atomic mass is 35.5. The summed E-state index contributed by atoms with van der Waals surface area (Å²) in [4.78, 5) is 12.5. The van der Waals surface area contributed by atoms with Crippen LogP contribution < -0.4 is 10.6 Å². The lowest BCUT2D eigenvalue weighted by Crippen LogP contribution is -2.48. The molecule has 0 spiro atoms. The van der Waals surface area contributed by atoms with Gasteiger partial charge in [-0.1, -0.05) is 11.6 Å². The lowest BCUT2D eigenvalue weighted by Gasteiger charge is -2.23. The Labute approximate surface area is 114 Å². The molecule has 0 aliphatic carbocycles. The minimum absolute atomic E-state index is 0.162. The summed E-state index contributed by atoms with van der Waals surface area (Å²) in [5.74, 6) is -0.205. The first-order valence-electron chi connectivity index (χ1n) is 5.70. The van der Waals surface area contributed by atoms with E-state index in [0.29, 0.717) is 17.5 Å². The minimum atomic E-state index is -0.733. The monoisotopic (exact) mass is 290 g/mol. The SMILES string of the molecule is O=C(NCC(O)c1ccc(Cl)s1)C1CNCCO1. The number of halogens is 1. The Morgan fingerprint density at radius 2 is 2.56 bits per heavy atom. The maximum absolute atomic E-state index is 11.7. The molecule has 5 nitrogen and oxygen atoms in total. The van der Waals surface area contributed by atoms with Gasteiger partial charge in [-0.25, -0.2) is 0 Å². The lowest BCUT2D eigenvalue weighted by atomic mass is 10.2. The number of hydrogen-bond donors (Lipinski definition) is 3. The van der Waals surface area contributed by atoms with Crippen molar-refractivity contribution >= 4 is 28.8 Å². The van der Waals surface area contributed by atoms with Gasteiger partial charge in [-0.15, -0.1) is 11.3 Å². The summed E-state index contributed by atoms with van der Waals surface area (Å²) in [6, 6.07) is 3.48. The van der Waals surface area contributed by atoms with Crippen LogP contribution in [-0.2, 0) is 9.53 Å². The van der Waals surface area contributed by atoms with Gasteiger partial charge in [-0.05, 0) is 12.1 Å². The molecule has 2 rings (SSSR count). The Kier molecular flexibility index (Phi) is 4.96. The Morgan fingerprint density at radius 1 is 1.72 bits per heavy atom. The van der Waals surface area contributed by atoms with Crippen molar-refractivity contribution in [2.24, 2.45) is 0 Å². The van der Waals surface area contributed by atoms with Gasteiger partial charge in [0.2, 0.25) is 0 Å². The van der Waals surface area contributed by atoms with Crippen molar-refractivity contribution in [3.8, 4) is 0 Å². The van der Waals surface area contributed by atoms with Crippen molar-refractivity contribution < 1.29 is 14.6 Å². The van der Waals surface area contributed by atoms with Crippen molar-refractivity contribution in [1.29, 1.82) is 0 Å². The molecule has 0 bridgehead atoms. The van der Waals surface area contributed by atoms with E-state index in [4.69, 9.17) is 16.3 Å². The largest absolute Gasteiger partial charge is 0.386 e. The zero-order chi connectivity index (χ0) is 13.0. The van der Waals surface area contributed by atoms with E-state index in [-0.39, 0.29) is 12.5 Å². The van der Waals surface area contributed by atoms with Gasteiger partial charge in [0.25, 0.3) is 5.91 Å². The van der Waals surface area contributed by atoms with Crippen LogP contribution in [0, 0.1) is 0 Å². The first-order valence-corrected chi connectivity index (χ1v) is 6.89. The number of carbonyl (C=O) groups is 1. The summed E-state index contributed by atoms with van der Waals surface area (Å²) < 4.78 is 5.93. The fourth-order valence-electron chi connectivity index (χ4n) is 1.65. The number of hydrogen-bond acceptors (Lipinski definition) is 5. The van der Waals surface area contributed by atoms with Crippen LogP contribution in [0.1, 0.15) is 11.0 Å². The Balaban J connectivity index is 1.78. The van der Waals surface area contributed by atoms with Crippen molar-refractivity contribution in [3.05, 3.63) is 21.3 Å².